The number of carbonyl (C=O) groups excluding carboxylic acids is 2. The van der Waals surface area contributed by atoms with E-state index in [9.17, 15) is 9.59 Å². The lowest BCUT2D eigenvalue weighted by molar-refractivity contribution is -0.117. The number of rotatable bonds is 6. The second-order valence-corrected chi connectivity index (χ2v) is 12.2. The first-order valence-corrected chi connectivity index (χ1v) is 14.5. The topological polar surface area (TPSA) is 70.6 Å². The summed E-state index contributed by atoms with van der Waals surface area (Å²) < 4.78 is 0. The van der Waals surface area contributed by atoms with Crippen molar-refractivity contribution < 1.29 is 9.59 Å². The van der Waals surface area contributed by atoms with Gasteiger partial charge in [-0.2, -0.15) is 0 Å². The summed E-state index contributed by atoms with van der Waals surface area (Å²) in [5.41, 5.74) is 5.41. The Hall–Kier alpha value is -3.61. The number of benzene rings is 3. The van der Waals surface area contributed by atoms with Crippen LogP contribution in [0.2, 0.25) is 5.02 Å². The molecule has 0 aliphatic carbocycles. The molecule has 5 rings (SSSR count). The summed E-state index contributed by atoms with van der Waals surface area (Å²) in [6.07, 6.45) is 3.56. The molecule has 204 valence electrons. The van der Waals surface area contributed by atoms with Crippen LogP contribution < -0.4 is 10.6 Å². The molecule has 0 aromatic heterocycles. The van der Waals surface area contributed by atoms with E-state index >= 15 is 0 Å². The monoisotopic (exact) mass is 569 g/mol. The Morgan fingerprint density at radius 1 is 0.975 bits per heavy atom. The molecule has 40 heavy (non-hydrogen) atoms. The molecule has 2 N–H and O–H groups in total. The molecule has 1 unspecified atom stereocenters. The standard InChI is InChI=1S/C33H32ClN3O2S/c1-20-10-11-23(31(38)37-33(2,3)24-8-6-5-7-9-24)19-26(20)28-17-21-16-27(32(39)35-4)30(36-29(18-21)40-28)22-12-14-25(34)15-13-22/h5-15,17,19,21H,16,18H2,1-4H3,(H,35,39)(H,37,38). The summed E-state index contributed by atoms with van der Waals surface area (Å²) >= 11 is 7.74. The van der Waals surface area contributed by atoms with Gasteiger partial charge in [-0.3, -0.25) is 9.59 Å². The first-order valence-electron chi connectivity index (χ1n) is 13.3. The Kier molecular flexibility index (Phi) is 8.02. The molecule has 0 saturated heterocycles. The maximum atomic E-state index is 13.4. The molecular weight excluding hydrogens is 538 g/mol. The number of aryl methyl sites for hydroxylation is 1. The minimum Gasteiger partial charge on any atom is -0.355 e. The summed E-state index contributed by atoms with van der Waals surface area (Å²) in [6.45, 7) is 6.07. The molecule has 3 aromatic carbocycles. The van der Waals surface area contributed by atoms with E-state index in [1.165, 1.54) is 0 Å². The van der Waals surface area contributed by atoms with Gasteiger partial charge in [-0.25, -0.2) is 4.99 Å². The van der Waals surface area contributed by atoms with Crippen molar-refractivity contribution in [1.29, 1.82) is 0 Å². The van der Waals surface area contributed by atoms with Crippen LogP contribution >= 0.6 is 23.4 Å². The molecular formula is C33H32ClN3O2S. The highest BCUT2D eigenvalue weighted by atomic mass is 35.5. The molecule has 0 spiro atoms. The second-order valence-electron chi connectivity index (χ2n) is 10.7. The van der Waals surface area contributed by atoms with Gasteiger partial charge in [0.25, 0.3) is 5.91 Å². The molecule has 0 fully saturated rings. The van der Waals surface area contributed by atoms with Crippen LogP contribution in [0.5, 0.6) is 0 Å². The zero-order chi connectivity index (χ0) is 28.4. The minimum atomic E-state index is -0.522. The third-order valence-electron chi connectivity index (χ3n) is 7.35. The van der Waals surface area contributed by atoms with Crippen LogP contribution in [0.1, 0.15) is 59.3 Å². The van der Waals surface area contributed by atoms with Gasteiger partial charge in [-0.1, -0.05) is 78.0 Å². The number of allylic oxidation sites excluding steroid dienone is 1. The number of thioether (sulfide) groups is 1. The van der Waals surface area contributed by atoms with Gasteiger partial charge in [-0.15, -0.1) is 0 Å². The smallest absolute Gasteiger partial charge is 0.251 e. The second kappa shape index (κ2) is 11.5. The Morgan fingerprint density at radius 2 is 1.70 bits per heavy atom. The lowest BCUT2D eigenvalue weighted by atomic mass is 9.92. The van der Waals surface area contributed by atoms with E-state index in [0.29, 0.717) is 28.3 Å². The zero-order valence-electron chi connectivity index (χ0n) is 23.0. The van der Waals surface area contributed by atoms with Crippen molar-refractivity contribution >= 4 is 50.8 Å². The van der Waals surface area contributed by atoms with Crippen molar-refractivity contribution in [2.24, 2.45) is 10.9 Å². The fourth-order valence-electron chi connectivity index (χ4n) is 5.10. The molecule has 7 heteroatoms. The summed E-state index contributed by atoms with van der Waals surface area (Å²) in [6, 6.07) is 23.2. The number of nitrogens with one attached hydrogen (secondary N) is 2. The number of hydrogen-bond acceptors (Lipinski definition) is 4. The lowest BCUT2D eigenvalue weighted by Crippen LogP contribution is -2.41. The largest absolute Gasteiger partial charge is 0.355 e. The van der Waals surface area contributed by atoms with Gasteiger partial charge in [0, 0.05) is 40.1 Å². The predicted octanol–water partition coefficient (Wildman–Crippen LogP) is 7.37. The van der Waals surface area contributed by atoms with Crippen LogP contribution in [-0.4, -0.2) is 23.9 Å². The SMILES string of the molecule is CNC(=O)C1=C(c2ccc(Cl)cc2)N=C2CC(C=C(c3cc(C(=O)NC(C)(C)c4ccccc4)ccc3C)S2)C1. The average Bonchev–Trinajstić information content (AvgIpc) is 3.08. The summed E-state index contributed by atoms with van der Waals surface area (Å²) in [4.78, 5) is 32.4. The Labute approximate surface area is 244 Å². The van der Waals surface area contributed by atoms with Gasteiger partial charge in [0.05, 0.1) is 16.3 Å². The maximum Gasteiger partial charge on any atom is 0.251 e. The van der Waals surface area contributed by atoms with Crippen LogP contribution in [0.4, 0.5) is 0 Å². The molecule has 2 heterocycles. The van der Waals surface area contributed by atoms with Gasteiger partial charge >= 0.3 is 0 Å². The third kappa shape index (κ3) is 5.93. The first-order chi connectivity index (χ1) is 19.1. The Morgan fingerprint density at radius 3 is 2.40 bits per heavy atom. The van der Waals surface area contributed by atoms with Crippen molar-refractivity contribution in [2.75, 3.05) is 7.05 Å². The quantitative estimate of drug-likeness (QED) is 0.326. The molecule has 3 aromatic rings. The van der Waals surface area contributed by atoms with E-state index in [1.54, 1.807) is 18.8 Å². The van der Waals surface area contributed by atoms with E-state index in [0.717, 1.165) is 38.6 Å². The number of fused-ring (bicyclic) bond motifs is 2. The van der Waals surface area contributed by atoms with Crippen LogP contribution in [0.3, 0.4) is 0 Å². The average molecular weight is 570 g/mol. The van der Waals surface area contributed by atoms with Crippen molar-refractivity contribution in [3.63, 3.8) is 0 Å². The maximum absolute atomic E-state index is 13.4. The van der Waals surface area contributed by atoms with Crippen LogP contribution in [0.25, 0.3) is 10.6 Å². The molecule has 2 amide bonds. The molecule has 2 bridgehead atoms. The van der Waals surface area contributed by atoms with E-state index in [1.807, 2.05) is 86.6 Å². The van der Waals surface area contributed by atoms with E-state index in [-0.39, 0.29) is 17.7 Å². The van der Waals surface area contributed by atoms with Gasteiger partial charge in [0.15, 0.2) is 0 Å². The minimum absolute atomic E-state index is 0.112. The Balaban J connectivity index is 1.46. The Bertz CT molecular complexity index is 1560. The van der Waals surface area contributed by atoms with E-state index < -0.39 is 5.54 Å². The first kappa shape index (κ1) is 27.9. The molecule has 0 saturated carbocycles. The normalized spacial score (nSPS) is 17.0. The number of likely N-dealkylation sites (N-methyl/N-ethyl adjacent to an activating group) is 1. The molecule has 5 nitrogen and oxygen atoms in total. The predicted molar refractivity (Wildman–Crippen MR) is 166 cm³/mol. The van der Waals surface area contributed by atoms with Crippen molar-refractivity contribution in [2.45, 2.75) is 39.2 Å². The van der Waals surface area contributed by atoms with Crippen molar-refractivity contribution in [1.82, 2.24) is 10.6 Å². The van der Waals surface area contributed by atoms with Crippen LogP contribution in [0.15, 0.2) is 89.4 Å². The molecule has 2 aliphatic rings. The van der Waals surface area contributed by atoms with Gasteiger partial charge in [0.2, 0.25) is 5.91 Å². The fraction of sp³-hybridized carbons (Fsp3) is 0.242. The van der Waals surface area contributed by atoms with E-state index in [2.05, 4.69) is 23.6 Å². The number of hydrogen-bond donors (Lipinski definition) is 2. The number of halogens is 1. The van der Waals surface area contributed by atoms with Crippen molar-refractivity contribution in [3.8, 4) is 0 Å². The van der Waals surface area contributed by atoms with Gasteiger partial charge in [0.1, 0.15) is 0 Å². The highest BCUT2D eigenvalue weighted by Gasteiger charge is 2.30. The van der Waals surface area contributed by atoms with Gasteiger partial charge < -0.3 is 10.6 Å². The van der Waals surface area contributed by atoms with E-state index in [4.69, 9.17) is 16.6 Å². The highest BCUT2D eigenvalue weighted by molar-refractivity contribution is 8.21. The summed E-state index contributed by atoms with van der Waals surface area (Å²) in [5.74, 6) is -0.140. The molecule has 0 radical (unpaired) electrons. The number of nitrogens with zero attached hydrogens (tertiary/aromatic N) is 1. The molecule has 1 atom stereocenters. The van der Waals surface area contributed by atoms with Crippen LogP contribution in [-0.2, 0) is 10.3 Å². The number of carbonyl (C=O) groups is 2. The number of amides is 2. The van der Waals surface area contributed by atoms with Crippen molar-refractivity contribution in [3.05, 3.63) is 117 Å². The van der Waals surface area contributed by atoms with Gasteiger partial charge in [-0.05, 0) is 74.1 Å². The summed E-state index contributed by atoms with van der Waals surface area (Å²) in [5, 5.41) is 7.57. The third-order valence-corrected chi connectivity index (χ3v) is 8.67. The lowest BCUT2D eigenvalue weighted by Gasteiger charge is -2.27. The molecule has 2 aliphatic heterocycles. The summed E-state index contributed by atoms with van der Waals surface area (Å²) in [7, 11) is 1.65. The highest BCUT2D eigenvalue weighted by Crippen LogP contribution is 2.44. The zero-order valence-corrected chi connectivity index (χ0v) is 24.6. The number of aliphatic imine (C=N–C) groups is 1. The fourth-order valence-corrected chi connectivity index (χ4v) is 6.51. The van der Waals surface area contributed by atoms with Crippen LogP contribution in [0, 0.1) is 12.8 Å².